The molecular weight excluding hydrogens is 244 g/mol. The lowest BCUT2D eigenvalue weighted by Crippen LogP contribution is -2.29. The molecule has 0 aliphatic heterocycles. The third kappa shape index (κ3) is 4.33. The van der Waals surface area contributed by atoms with E-state index in [1.54, 1.807) is 16.8 Å². The second-order valence-corrected chi connectivity index (χ2v) is 3.67. The van der Waals surface area contributed by atoms with Crippen molar-refractivity contribution in [1.29, 1.82) is 0 Å². The number of ether oxygens (including phenoxy) is 1. The van der Waals surface area contributed by atoms with E-state index in [0.717, 1.165) is 0 Å². The summed E-state index contributed by atoms with van der Waals surface area (Å²) >= 11 is 0. The van der Waals surface area contributed by atoms with Gasteiger partial charge in [-0.1, -0.05) is 0 Å². The van der Waals surface area contributed by atoms with E-state index < -0.39 is 13.0 Å². The first-order chi connectivity index (χ1) is 8.54. The minimum absolute atomic E-state index is 0.0540. The van der Waals surface area contributed by atoms with Crippen LogP contribution in [0.2, 0.25) is 0 Å². The van der Waals surface area contributed by atoms with Crippen LogP contribution in [0, 0.1) is 0 Å². The van der Waals surface area contributed by atoms with E-state index in [1.165, 1.54) is 0 Å². The molecule has 0 saturated carbocycles. The Morgan fingerprint density at radius 3 is 2.94 bits per heavy atom. The zero-order valence-corrected chi connectivity index (χ0v) is 10.2. The van der Waals surface area contributed by atoms with Gasteiger partial charge < -0.3 is 20.4 Å². The molecule has 0 radical (unpaired) electrons. The molecule has 0 spiro atoms. The van der Waals surface area contributed by atoms with Crippen molar-refractivity contribution in [3.63, 3.8) is 0 Å². The second kappa shape index (κ2) is 6.95. The number of alkyl halides is 2. The maximum atomic E-state index is 11.8. The number of carbonyl (C=O) groups excluding carboxylic acids is 1. The average molecular weight is 261 g/mol. The molecule has 1 rings (SSSR count). The summed E-state index contributed by atoms with van der Waals surface area (Å²) in [5.74, 6) is -0.297. The Kier molecular flexibility index (Phi) is 5.57. The molecule has 0 atom stereocenters. The molecule has 5 nitrogen and oxygen atoms in total. The highest BCUT2D eigenvalue weighted by Crippen LogP contribution is 2.10. The Bertz CT molecular complexity index is 394. The number of aryl methyl sites for hydroxylation is 1. The van der Waals surface area contributed by atoms with E-state index in [-0.39, 0.29) is 19.1 Å². The van der Waals surface area contributed by atoms with E-state index in [1.807, 2.05) is 6.92 Å². The molecule has 0 bridgehead atoms. The molecule has 0 unspecified atom stereocenters. The van der Waals surface area contributed by atoms with Crippen molar-refractivity contribution in [2.45, 2.75) is 19.9 Å². The molecule has 0 fully saturated rings. The van der Waals surface area contributed by atoms with Gasteiger partial charge in [-0.05, 0) is 13.0 Å². The lowest BCUT2D eigenvalue weighted by molar-refractivity contribution is 0.0188. The van der Waals surface area contributed by atoms with E-state index in [4.69, 9.17) is 5.73 Å². The van der Waals surface area contributed by atoms with Crippen LogP contribution < -0.4 is 11.1 Å². The molecular formula is C11H17F2N3O2. The van der Waals surface area contributed by atoms with Crippen LogP contribution in [0.15, 0.2) is 12.3 Å². The maximum Gasteiger partial charge on any atom is 0.268 e. The fourth-order valence-electron chi connectivity index (χ4n) is 1.48. The van der Waals surface area contributed by atoms with Crippen LogP contribution in [0.5, 0.6) is 0 Å². The number of carbonyl (C=O) groups is 1. The number of nitrogens with two attached hydrogens (primary N) is 1. The van der Waals surface area contributed by atoms with Gasteiger partial charge in [-0.3, -0.25) is 4.79 Å². The van der Waals surface area contributed by atoms with Gasteiger partial charge in [0.05, 0.1) is 12.3 Å². The monoisotopic (exact) mass is 261 g/mol. The van der Waals surface area contributed by atoms with Gasteiger partial charge in [0.1, 0.15) is 12.3 Å². The Labute approximate surface area is 104 Å². The predicted octanol–water partition coefficient (Wildman–Crippen LogP) is 1.10. The minimum Gasteiger partial charge on any atom is -0.397 e. The molecule has 1 amide bonds. The van der Waals surface area contributed by atoms with Gasteiger partial charge in [0.25, 0.3) is 12.3 Å². The first-order valence-corrected chi connectivity index (χ1v) is 5.64. The summed E-state index contributed by atoms with van der Waals surface area (Å²) in [4.78, 5) is 11.7. The van der Waals surface area contributed by atoms with Crippen molar-refractivity contribution in [3.8, 4) is 0 Å². The number of rotatable bonds is 7. The lowest BCUT2D eigenvalue weighted by Gasteiger charge is -2.08. The molecule has 102 valence electrons. The van der Waals surface area contributed by atoms with Gasteiger partial charge in [0.15, 0.2) is 0 Å². The highest BCUT2D eigenvalue weighted by Gasteiger charge is 2.11. The van der Waals surface area contributed by atoms with Crippen LogP contribution in [-0.4, -0.2) is 36.7 Å². The molecule has 3 N–H and O–H groups in total. The van der Waals surface area contributed by atoms with Crippen molar-refractivity contribution in [3.05, 3.63) is 18.0 Å². The van der Waals surface area contributed by atoms with Gasteiger partial charge in [-0.2, -0.15) is 0 Å². The third-order valence-electron chi connectivity index (χ3n) is 2.27. The van der Waals surface area contributed by atoms with Crippen LogP contribution in [0.3, 0.4) is 0 Å². The smallest absolute Gasteiger partial charge is 0.268 e. The van der Waals surface area contributed by atoms with Gasteiger partial charge in [-0.25, -0.2) is 8.78 Å². The number of aromatic nitrogens is 1. The van der Waals surface area contributed by atoms with E-state index in [9.17, 15) is 13.6 Å². The Hall–Kier alpha value is -1.63. The van der Waals surface area contributed by atoms with E-state index in [2.05, 4.69) is 10.1 Å². The standard InChI is InChI=1S/C11H17F2N3O2/c1-2-16-6-8(14)5-9(16)11(17)15-3-4-18-7-10(12)13/h5-6,10H,2-4,7,14H2,1H3,(H,15,17). The molecule has 1 heterocycles. The highest BCUT2D eigenvalue weighted by molar-refractivity contribution is 5.93. The van der Waals surface area contributed by atoms with E-state index in [0.29, 0.717) is 17.9 Å². The third-order valence-corrected chi connectivity index (χ3v) is 2.27. The number of amides is 1. The number of nitrogens with zero attached hydrogens (tertiary/aromatic N) is 1. The summed E-state index contributed by atoms with van der Waals surface area (Å²) in [5, 5.41) is 2.58. The summed E-state index contributed by atoms with van der Waals surface area (Å²) < 4.78 is 29.9. The quantitative estimate of drug-likeness (QED) is 0.722. The fourth-order valence-corrected chi connectivity index (χ4v) is 1.48. The average Bonchev–Trinajstić information content (AvgIpc) is 2.69. The Balaban J connectivity index is 2.36. The second-order valence-electron chi connectivity index (χ2n) is 3.67. The molecule has 0 aliphatic carbocycles. The first kappa shape index (κ1) is 14.4. The molecule has 18 heavy (non-hydrogen) atoms. The Morgan fingerprint density at radius 1 is 1.61 bits per heavy atom. The molecule has 0 aromatic carbocycles. The topological polar surface area (TPSA) is 69.3 Å². The van der Waals surface area contributed by atoms with Gasteiger partial charge in [0, 0.05) is 19.3 Å². The number of hydrogen-bond acceptors (Lipinski definition) is 3. The number of nitrogen functional groups attached to an aromatic ring is 1. The van der Waals surface area contributed by atoms with Crippen LogP contribution in [0.1, 0.15) is 17.4 Å². The molecule has 7 heteroatoms. The van der Waals surface area contributed by atoms with Crippen molar-refractivity contribution >= 4 is 11.6 Å². The fraction of sp³-hybridized carbons (Fsp3) is 0.545. The van der Waals surface area contributed by atoms with Gasteiger partial charge >= 0.3 is 0 Å². The zero-order chi connectivity index (χ0) is 13.5. The number of halogens is 2. The highest BCUT2D eigenvalue weighted by atomic mass is 19.3. The SMILES string of the molecule is CCn1cc(N)cc1C(=O)NCCOCC(F)F. The van der Waals surface area contributed by atoms with Crippen molar-refractivity contribution in [1.82, 2.24) is 9.88 Å². The molecule has 0 aliphatic rings. The normalized spacial score (nSPS) is 10.9. The summed E-state index contributed by atoms with van der Waals surface area (Å²) in [5.41, 5.74) is 6.55. The van der Waals surface area contributed by atoms with Crippen LogP contribution in [-0.2, 0) is 11.3 Å². The predicted molar refractivity (Wildman–Crippen MR) is 63.7 cm³/mol. The summed E-state index contributed by atoms with van der Waals surface area (Å²) in [6.45, 7) is 2.14. The van der Waals surface area contributed by atoms with Crippen molar-refractivity contribution < 1.29 is 18.3 Å². The maximum absolute atomic E-state index is 11.8. The number of hydrogen-bond donors (Lipinski definition) is 2. The van der Waals surface area contributed by atoms with E-state index >= 15 is 0 Å². The zero-order valence-electron chi connectivity index (χ0n) is 10.2. The van der Waals surface area contributed by atoms with Crippen molar-refractivity contribution in [2.24, 2.45) is 0 Å². The van der Waals surface area contributed by atoms with Gasteiger partial charge in [-0.15, -0.1) is 0 Å². The van der Waals surface area contributed by atoms with Crippen LogP contribution >= 0.6 is 0 Å². The first-order valence-electron chi connectivity index (χ1n) is 5.64. The van der Waals surface area contributed by atoms with Crippen LogP contribution in [0.4, 0.5) is 14.5 Å². The largest absolute Gasteiger partial charge is 0.397 e. The van der Waals surface area contributed by atoms with Gasteiger partial charge in [0.2, 0.25) is 0 Å². The number of nitrogens with one attached hydrogen (secondary N) is 1. The summed E-state index contributed by atoms with van der Waals surface area (Å²) in [6, 6.07) is 1.57. The minimum atomic E-state index is -2.49. The lowest BCUT2D eigenvalue weighted by atomic mass is 10.4. The summed E-state index contributed by atoms with van der Waals surface area (Å²) in [6.07, 6.45) is -0.819. The molecule has 0 saturated heterocycles. The molecule has 1 aromatic heterocycles. The van der Waals surface area contributed by atoms with Crippen LogP contribution in [0.25, 0.3) is 0 Å². The molecule has 1 aromatic rings. The summed E-state index contributed by atoms with van der Waals surface area (Å²) in [7, 11) is 0. The number of anilines is 1. The Morgan fingerprint density at radius 2 is 2.33 bits per heavy atom. The van der Waals surface area contributed by atoms with Crippen molar-refractivity contribution in [2.75, 3.05) is 25.5 Å².